The molecule has 0 saturated carbocycles. The molecule has 4 heteroatoms. The third-order valence-electron chi connectivity index (χ3n) is 4.20. The molecule has 0 atom stereocenters. The minimum atomic E-state index is -4.27. The molecule has 1 aliphatic rings. The van der Waals surface area contributed by atoms with Gasteiger partial charge in [0.1, 0.15) is 0 Å². The number of anilines is 1. The largest absolute Gasteiger partial charge is 0.416 e. The lowest BCUT2D eigenvalue weighted by atomic mass is 10.1. The predicted octanol–water partition coefficient (Wildman–Crippen LogP) is 4.83. The summed E-state index contributed by atoms with van der Waals surface area (Å²) in [6, 6.07) is 12.0. The second kappa shape index (κ2) is 5.67. The number of benzene rings is 2. The van der Waals surface area contributed by atoms with Crippen LogP contribution in [0.1, 0.15) is 29.2 Å². The molecule has 2 aromatic carbocycles. The van der Waals surface area contributed by atoms with Crippen molar-refractivity contribution in [3.05, 3.63) is 64.7 Å². The van der Waals surface area contributed by atoms with E-state index in [0.717, 1.165) is 37.1 Å². The van der Waals surface area contributed by atoms with Crippen LogP contribution < -0.4 is 4.90 Å². The van der Waals surface area contributed by atoms with E-state index in [4.69, 9.17) is 0 Å². The van der Waals surface area contributed by atoms with Crippen molar-refractivity contribution in [1.29, 1.82) is 0 Å². The van der Waals surface area contributed by atoms with Crippen molar-refractivity contribution in [3.63, 3.8) is 0 Å². The fraction of sp³-hybridized carbons (Fsp3) is 0.333. The molecule has 22 heavy (non-hydrogen) atoms. The Morgan fingerprint density at radius 3 is 2.32 bits per heavy atom. The summed E-state index contributed by atoms with van der Waals surface area (Å²) in [5.74, 6) is 0. The number of fused-ring (bicyclic) bond motifs is 1. The average molecular weight is 305 g/mol. The molecule has 0 unspecified atom stereocenters. The molecule has 1 heterocycles. The summed E-state index contributed by atoms with van der Waals surface area (Å²) in [5.41, 5.74) is 4.18. The van der Waals surface area contributed by atoms with Gasteiger partial charge in [0.15, 0.2) is 0 Å². The minimum absolute atomic E-state index is 0.592. The lowest BCUT2D eigenvalue weighted by Gasteiger charge is -2.20. The van der Waals surface area contributed by atoms with Gasteiger partial charge in [0.25, 0.3) is 0 Å². The van der Waals surface area contributed by atoms with Gasteiger partial charge in [0.2, 0.25) is 0 Å². The van der Waals surface area contributed by atoms with Gasteiger partial charge in [-0.3, -0.25) is 0 Å². The van der Waals surface area contributed by atoms with E-state index in [2.05, 4.69) is 30.0 Å². The maximum absolute atomic E-state index is 12.6. The summed E-state index contributed by atoms with van der Waals surface area (Å²) in [5, 5.41) is 0. The summed E-state index contributed by atoms with van der Waals surface area (Å²) in [6.45, 7) is 3.71. The summed E-state index contributed by atoms with van der Waals surface area (Å²) in [7, 11) is 0. The highest BCUT2D eigenvalue weighted by molar-refractivity contribution is 5.59. The van der Waals surface area contributed by atoms with Crippen molar-refractivity contribution in [2.75, 3.05) is 11.4 Å². The fourth-order valence-electron chi connectivity index (χ4n) is 2.93. The molecular weight excluding hydrogens is 287 g/mol. The summed E-state index contributed by atoms with van der Waals surface area (Å²) in [4.78, 5) is 2.23. The Kier molecular flexibility index (Phi) is 3.85. The lowest BCUT2D eigenvalue weighted by Crippen LogP contribution is -2.19. The number of nitrogens with zero attached hydrogens (tertiary/aromatic N) is 1. The Balaban J connectivity index is 1.76. The highest BCUT2D eigenvalue weighted by atomic mass is 19.4. The van der Waals surface area contributed by atoms with Gasteiger partial charge in [-0.25, -0.2) is 0 Å². The van der Waals surface area contributed by atoms with Gasteiger partial charge < -0.3 is 4.90 Å². The zero-order valence-corrected chi connectivity index (χ0v) is 12.5. The lowest BCUT2D eigenvalue weighted by molar-refractivity contribution is -0.137. The van der Waals surface area contributed by atoms with Gasteiger partial charge in [-0.1, -0.05) is 31.2 Å². The van der Waals surface area contributed by atoms with Crippen molar-refractivity contribution in [2.24, 2.45) is 0 Å². The predicted molar refractivity (Wildman–Crippen MR) is 82.0 cm³/mol. The van der Waals surface area contributed by atoms with Gasteiger partial charge in [-0.15, -0.1) is 0 Å². The number of aryl methyl sites for hydroxylation is 1. The van der Waals surface area contributed by atoms with E-state index in [0.29, 0.717) is 6.54 Å². The van der Waals surface area contributed by atoms with Crippen LogP contribution in [0.4, 0.5) is 18.9 Å². The number of alkyl halides is 3. The molecule has 3 rings (SSSR count). The summed E-state index contributed by atoms with van der Waals surface area (Å²) < 4.78 is 37.7. The van der Waals surface area contributed by atoms with Gasteiger partial charge >= 0.3 is 6.18 Å². The molecule has 0 N–H and O–H groups in total. The molecule has 0 spiro atoms. The Hall–Kier alpha value is -1.97. The summed E-state index contributed by atoms with van der Waals surface area (Å²) in [6.07, 6.45) is -2.24. The Morgan fingerprint density at radius 2 is 1.68 bits per heavy atom. The molecule has 0 amide bonds. The van der Waals surface area contributed by atoms with Crippen molar-refractivity contribution in [1.82, 2.24) is 0 Å². The molecule has 116 valence electrons. The molecular formula is C18H18F3N. The van der Waals surface area contributed by atoms with Crippen molar-refractivity contribution in [3.8, 4) is 0 Å². The molecule has 2 aromatic rings. The number of rotatable bonds is 3. The zero-order chi connectivity index (χ0) is 15.7. The van der Waals surface area contributed by atoms with E-state index in [1.165, 1.54) is 16.8 Å². The number of hydrogen-bond acceptors (Lipinski definition) is 1. The van der Waals surface area contributed by atoms with E-state index in [9.17, 15) is 13.2 Å². The minimum Gasteiger partial charge on any atom is -0.367 e. The molecule has 0 aliphatic carbocycles. The Labute approximate surface area is 128 Å². The first-order valence-corrected chi connectivity index (χ1v) is 7.50. The number of hydrogen-bond donors (Lipinski definition) is 0. The second-order valence-electron chi connectivity index (χ2n) is 5.68. The average Bonchev–Trinajstić information content (AvgIpc) is 2.89. The molecule has 1 aliphatic heterocycles. The van der Waals surface area contributed by atoms with Crippen molar-refractivity contribution < 1.29 is 13.2 Å². The normalized spacial score (nSPS) is 14.3. The van der Waals surface area contributed by atoms with Crippen LogP contribution in [0.15, 0.2) is 42.5 Å². The van der Waals surface area contributed by atoms with Crippen molar-refractivity contribution in [2.45, 2.75) is 32.5 Å². The van der Waals surface area contributed by atoms with E-state index in [-0.39, 0.29) is 0 Å². The monoisotopic (exact) mass is 305 g/mol. The third kappa shape index (κ3) is 2.96. The molecule has 0 aromatic heterocycles. The Bertz CT molecular complexity index is 659. The van der Waals surface area contributed by atoms with Gasteiger partial charge in [-0.2, -0.15) is 13.2 Å². The standard InChI is InChI=1S/C18H18F3N/c1-2-13-5-8-17-15(11-13)9-10-22(17)12-14-3-6-16(7-4-14)18(19,20)21/h3-8,11H,2,9-10,12H2,1H3. The van der Waals surface area contributed by atoms with E-state index in [1.807, 2.05) is 0 Å². The van der Waals surface area contributed by atoms with Crippen LogP contribution >= 0.6 is 0 Å². The molecule has 1 nitrogen and oxygen atoms in total. The van der Waals surface area contributed by atoms with Crippen LogP contribution in [0, 0.1) is 0 Å². The maximum atomic E-state index is 12.6. The first kappa shape index (κ1) is 14.9. The maximum Gasteiger partial charge on any atom is 0.416 e. The highest BCUT2D eigenvalue weighted by Gasteiger charge is 2.30. The molecule has 0 bridgehead atoms. The second-order valence-corrected chi connectivity index (χ2v) is 5.68. The van der Waals surface area contributed by atoms with Crippen LogP contribution in [0.3, 0.4) is 0 Å². The smallest absolute Gasteiger partial charge is 0.367 e. The van der Waals surface area contributed by atoms with Crippen LogP contribution in [0.5, 0.6) is 0 Å². The van der Waals surface area contributed by atoms with Gasteiger partial charge in [-0.05, 0) is 47.7 Å². The number of halogens is 3. The van der Waals surface area contributed by atoms with Crippen LogP contribution in [0.2, 0.25) is 0 Å². The van der Waals surface area contributed by atoms with Gasteiger partial charge in [0.05, 0.1) is 5.56 Å². The first-order valence-electron chi connectivity index (χ1n) is 7.50. The summed E-state index contributed by atoms with van der Waals surface area (Å²) >= 11 is 0. The van der Waals surface area contributed by atoms with Gasteiger partial charge in [0, 0.05) is 18.8 Å². The van der Waals surface area contributed by atoms with Crippen LogP contribution in [-0.2, 0) is 25.6 Å². The van der Waals surface area contributed by atoms with Crippen LogP contribution in [0.25, 0.3) is 0 Å². The third-order valence-corrected chi connectivity index (χ3v) is 4.20. The first-order chi connectivity index (χ1) is 10.5. The van der Waals surface area contributed by atoms with Crippen molar-refractivity contribution >= 4 is 5.69 Å². The molecule has 0 saturated heterocycles. The molecule has 0 radical (unpaired) electrons. The fourth-order valence-corrected chi connectivity index (χ4v) is 2.93. The SMILES string of the molecule is CCc1ccc2c(c1)CCN2Cc1ccc(C(F)(F)F)cc1. The van der Waals surface area contributed by atoms with Crippen LogP contribution in [-0.4, -0.2) is 6.54 Å². The van der Waals surface area contributed by atoms with E-state index >= 15 is 0 Å². The van der Waals surface area contributed by atoms with E-state index < -0.39 is 11.7 Å². The quantitative estimate of drug-likeness (QED) is 0.785. The molecule has 0 fully saturated rings. The Morgan fingerprint density at radius 1 is 1.00 bits per heavy atom. The zero-order valence-electron chi connectivity index (χ0n) is 12.5. The van der Waals surface area contributed by atoms with E-state index in [1.54, 1.807) is 12.1 Å². The highest BCUT2D eigenvalue weighted by Crippen LogP contribution is 2.32. The topological polar surface area (TPSA) is 3.24 Å².